The Bertz CT molecular complexity index is 578. The molecular weight excluding hydrogens is 296 g/mol. The number of rotatable bonds is 4. The zero-order valence-corrected chi connectivity index (χ0v) is 11.8. The summed E-state index contributed by atoms with van der Waals surface area (Å²) in [6.45, 7) is 2.30. The first-order chi connectivity index (χ1) is 8.61. The van der Waals surface area contributed by atoms with Crippen LogP contribution < -0.4 is 4.74 Å². The van der Waals surface area contributed by atoms with Crippen LogP contribution in [0.2, 0.25) is 0 Å². The van der Waals surface area contributed by atoms with E-state index >= 15 is 0 Å². The maximum atomic E-state index is 11.0. The van der Waals surface area contributed by atoms with Gasteiger partial charge in [-0.15, -0.1) is 0 Å². The predicted octanol–water partition coefficient (Wildman–Crippen LogP) is 2.88. The zero-order chi connectivity index (χ0) is 13.1. The van der Waals surface area contributed by atoms with Crippen LogP contribution in [-0.2, 0) is 13.7 Å². The summed E-state index contributed by atoms with van der Waals surface area (Å²) in [5.41, 5.74) is 2.42. The van der Waals surface area contributed by atoms with Crippen LogP contribution in [0.4, 0.5) is 0 Å². The minimum atomic E-state index is 0.389. The van der Waals surface area contributed by atoms with Crippen molar-refractivity contribution in [3.8, 4) is 5.75 Å². The Kier molecular flexibility index (Phi) is 3.81. The normalized spacial score (nSPS) is 10.4. The topological polar surface area (TPSA) is 44.1 Å². The predicted molar refractivity (Wildman–Crippen MR) is 71.8 cm³/mol. The fraction of sp³-hybridized carbons (Fsp3) is 0.231. The van der Waals surface area contributed by atoms with E-state index in [0.717, 1.165) is 22.0 Å². The molecule has 18 heavy (non-hydrogen) atoms. The molecular formula is C13H13BrN2O2. The number of aromatic nitrogens is 2. The van der Waals surface area contributed by atoms with E-state index in [-0.39, 0.29) is 0 Å². The Balaban J connectivity index is 2.24. The number of carbonyl (C=O) groups is 1. The average Bonchev–Trinajstić information content (AvgIpc) is 2.73. The van der Waals surface area contributed by atoms with E-state index in [0.29, 0.717) is 17.9 Å². The molecule has 2 aromatic rings. The fourth-order valence-electron chi connectivity index (χ4n) is 1.71. The summed E-state index contributed by atoms with van der Waals surface area (Å²) >= 11 is 3.36. The Morgan fingerprint density at radius 3 is 2.89 bits per heavy atom. The van der Waals surface area contributed by atoms with Gasteiger partial charge in [-0.2, -0.15) is 0 Å². The number of hydrogen-bond acceptors (Lipinski definition) is 3. The van der Waals surface area contributed by atoms with Gasteiger partial charge in [0.25, 0.3) is 0 Å². The lowest BCUT2D eigenvalue weighted by molar-refractivity contribution is 0.111. The van der Waals surface area contributed by atoms with Crippen LogP contribution in [0.3, 0.4) is 0 Å². The lowest BCUT2D eigenvalue weighted by atomic mass is 10.1. The lowest BCUT2D eigenvalue weighted by Crippen LogP contribution is -2.04. The molecule has 0 aliphatic carbocycles. The van der Waals surface area contributed by atoms with Gasteiger partial charge in [-0.25, -0.2) is 4.98 Å². The number of imidazole rings is 1. The Labute approximate surface area is 114 Å². The van der Waals surface area contributed by atoms with E-state index in [9.17, 15) is 4.79 Å². The first-order valence-corrected chi connectivity index (χ1v) is 6.24. The summed E-state index contributed by atoms with van der Waals surface area (Å²) in [5.74, 6) is 0.620. The Morgan fingerprint density at radius 2 is 2.28 bits per heavy atom. The fourth-order valence-corrected chi connectivity index (χ4v) is 2.30. The van der Waals surface area contributed by atoms with Crippen LogP contribution in [-0.4, -0.2) is 15.8 Å². The molecule has 0 spiro atoms. The number of ether oxygens (including phenoxy) is 1. The van der Waals surface area contributed by atoms with Crippen molar-refractivity contribution in [2.75, 3.05) is 0 Å². The van der Waals surface area contributed by atoms with Crippen LogP contribution in [0.15, 0.2) is 29.1 Å². The maximum Gasteiger partial charge on any atom is 0.153 e. The molecule has 0 amide bonds. The molecule has 94 valence electrons. The van der Waals surface area contributed by atoms with E-state index in [4.69, 9.17) is 4.74 Å². The number of benzene rings is 1. The summed E-state index contributed by atoms with van der Waals surface area (Å²) < 4.78 is 8.48. The Morgan fingerprint density at radius 1 is 1.50 bits per heavy atom. The first-order valence-electron chi connectivity index (χ1n) is 5.45. The van der Waals surface area contributed by atoms with E-state index in [1.54, 1.807) is 18.6 Å². The van der Waals surface area contributed by atoms with Crippen molar-refractivity contribution in [3.63, 3.8) is 0 Å². The smallest absolute Gasteiger partial charge is 0.153 e. The highest BCUT2D eigenvalue weighted by Crippen LogP contribution is 2.27. The quantitative estimate of drug-likeness (QED) is 0.816. The molecule has 0 unspecified atom stereocenters. The third-order valence-corrected chi connectivity index (χ3v) is 3.13. The van der Waals surface area contributed by atoms with Gasteiger partial charge < -0.3 is 9.30 Å². The number of aldehydes is 1. The number of nitrogens with zero attached hydrogens (tertiary/aromatic N) is 2. The molecule has 0 bridgehead atoms. The molecule has 1 aromatic carbocycles. The van der Waals surface area contributed by atoms with Gasteiger partial charge in [0.15, 0.2) is 6.29 Å². The Hall–Kier alpha value is -1.62. The van der Waals surface area contributed by atoms with Crippen molar-refractivity contribution >= 4 is 22.2 Å². The van der Waals surface area contributed by atoms with Gasteiger partial charge >= 0.3 is 0 Å². The summed E-state index contributed by atoms with van der Waals surface area (Å²) in [7, 11) is 1.90. The highest BCUT2D eigenvalue weighted by atomic mass is 79.9. The first kappa shape index (κ1) is 12.8. The second-order valence-corrected chi connectivity index (χ2v) is 4.96. The molecule has 1 heterocycles. The van der Waals surface area contributed by atoms with Crippen molar-refractivity contribution in [3.05, 3.63) is 46.0 Å². The third-order valence-electron chi connectivity index (χ3n) is 2.68. The van der Waals surface area contributed by atoms with Crippen molar-refractivity contribution in [1.29, 1.82) is 0 Å². The van der Waals surface area contributed by atoms with Gasteiger partial charge in [0, 0.05) is 11.5 Å². The lowest BCUT2D eigenvalue weighted by Gasteiger charge is -2.12. The molecule has 4 nitrogen and oxygen atoms in total. The van der Waals surface area contributed by atoms with E-state index in [1.807, 2.05) is 24.6 Å². The molecule has 0 saturated carbocycles. The van der Waals surface area contributed by atoms with Crippen LogP contribution in [0.1, 0.15) is 21.6 Å². The highest BCUT2D eigenvalue weighted by molar-refractivity contribution is 9.10. The number of halogens is 1. The number of hydrogen-bond donors (Lipinski definition) is 0. The molecule has 2 rings (SSSR count). The molecule has 0 saturated heterocycles. The summed E-state index contributed by atoms with van der Waals surface area (Å²) in [6.07, 6.45) is 4.26. The van der Waals surface area contributed by atoms with E-state index in [1.165, 1.54) is 0 Å². The van der Waals surface area contributed by atoms with Gasteiger partial charge in [-0.3, -0.25) is 4.79 Å². The monoisotopic (exact) mass is 308 g/mol. The van der Waals surface area contributed by atoms with Crippen LogP contribution >= 0.6 is 15.9 Å². The molecule has 0 aliphatic rings. The molecule has 0 atom stereocenters. The van der Waals surface area contributed by atoms with Gasteiger partial charge in [0.05, 0.1) is 23.8 Å². The number of carbonyl (C=O) groups excluding carboxylic acids is 1. The van der Waals surface area contributed by atoms with Crippen LogP contribution in [0, 0.1) is 6.92 Å². The number of aryl methyl sites for hydroxylation is 2. The van der Waals surface area contributed by atoms with Crippen molar-refractivity contribution in [2.45, 2.75) is 13.5 Å². The van der Waals surface area contributed by atoms with Crippen molar-refractivity contribution < 1.29 is 9.53 Å². The minimum Gasteiger partial charge on any atom is -0.486 e. The molecule has 5 heteroatoms. The standard InChI is InChI=1S/C13H13BrN2O2/c1-9-3-11(14)4-10(6-17)13(9)18-7-12-5-15-8-16(12)2/h3-6,8H,7H2,1-2H3. The zero-order valence-electron chi connectivity index (χ0n) is 10.2. The highest BCUT2D eigenvalue weighted by Gasteiger charge is 2.09. The molecule has 0 fully saturated rings. The van der Waals surface area contributed by atoms with Gasteiger partial charge in [-0.05, 0) is 24.6 Å². The summed E-state index contributed by atoms with van der Waals surface area (Å²) in [5, 5.41) is 0. The van der Waals surface area contributed by atoms with E-state index in [2.05, 4.69) is 20.9 Å². The second-order valence-electron chi connectivity index (χ2n) is 4.04. The van der Waals surface area contributed by atoms with E-state index < -0.39 is 0 Å². The third kappa shape index (κ3) is 2.61. The second kappa shape index (κ2) is 5.35. The van der Waals surface area contributed by atoms with Crippen LogP contribution in [0.5, 0.6) is 5.75 Å². The van der Waals surface area contributed by atoms with Crippen molar-refractivity contribution in [2.24, 2.45) is 7.05 Å². The van der Waals surface area contributed by atoms with Gasteiger partial charge in [0.2, 0.25) is 0 Å². The molecule has 0 radical (unpaired) electrons. The largest absolute Gasteiger partial charge is 0.486 e. The summed E-state index contributed by atoms with van der Waals surface area (Å²) in [4.78, 5) is 15.1. The van der Waals surface area contributed by atoms with Gasteiger partial charge in [0.1, 0.15) is 12.4 Å². The minimum absolute atomic E-state index is 0.389. The van der Waals surface area contributed by atoms with Crippen molar-refractivity contribution in [1.82, 2.24) is 9.55 Å². The molecule has 0 aliphatic heterocycles. The SMILES string of the molecule is Cc1cc(Br)cc(C=O)c1OCc1cncn1C. The van der Waals surface area contributed by atoms with Crippen LogP contribution in [0.25, 0.3) is 0 Å². The molecule has 1 aromatic heterocycles. The van der Waals surface area contributed by atoms with Gasteiger partial charge in [-0.1, -0.05) is 15.9 Å². The summed E-state index contributed by atoms with van der Waals surface area (Å²) in [6, 6.07) is 3.67. The molecule has 0 N–H and O–H groups in total. The average molecular weight is 309 g/mol. The maximum absolute atomic E-state index is 11.0.